The van der Waals surface area contributed by atoms with Gasteiger partial charge in [0.05, 0.1) is 29.6 Å². The molecule has 21 heavy (non-hydrogen) atoms. The summed E-state index contributed by atoms with van der Waals surface area (Å²) in [7, 11) is -1.38. The van der Waals surface area contributed by atoms with Crippen LogP contribution in [0.1, 0.15) is 12.8 Å². The normalized spacial score (nSPS) is 21.5. The minimum absolute atomic E-state index is 0.00236. The Balaban J connectivity index is 1.93. The molecule has 1 atom stereocenters. The van der Waals surface area contributed by atoms with Gasteiger partial charge in [0.1, 0.15) is 5.75 Å². The van der Waals surface area contributed by atoms with Gasteiger partial charge in [-0.1, -0.05) is 0 Å². The van der Waals surface area contributed by atoms with Crippen LogP contribution in [0.3, 0.4) is 0 Å². The second kappa shape index (κ2) is 5.22. The Kier molecular flexibility index (Phi) is 3.52. The van der Waals surface area contributed by atoms with Gasteiger partial charge >= 0.3 is 5.69 Å². The quantitative estimate of drug-likeness (QED) is 0.922. The molecule has 7 heteroatoms. The van der Waals surface area contributed by atoms with Crippen molar-refractivity contribution in [2.24, 2.45) is 5.92 Å². The molecule has 6 nitrogen and oxygen atoms in total. The lowest BCUT2D eigenvalue weighted by Crippen LogP contribution is -2.30. The van der Waals surface area contributed by atoms with Gasteiger partial charge in [-0.25, -0.2) is 13.2 Å². The lowest BCUT2D eigenvalue weighted by atomic mass is 10.1. The second-order valence-corrected chi connectivity index (χ2v) is 7.78. The van der Waals surface area contributed by atoms with E-state index in [-0.39, 0.29) is 23.1 Å². The van der Waals surface area contributed by atoms with Crippen molar-refractivity contribution in [1.82, 2.24) is 9.55 Å². The van der Waals surface area contributed by atoms with Crippen molar-refractivity contribution in [3.8, 4) is 5.75 Å². The number of hydrogen-bond acceptors (Lipinski definition) is 4. The lowest BCUT2D eigenvalue weighted by molar-refractivity contribution is 0.415. The molecule has 1 aliphatic heterocycles. The first kappa shape index (κ1) is 14.2. The maximum absolute atomic E-state index is 12.1. The van der Waals surface area contributed by atoms with Crippen molar-refractivity contribution >= 4 is 20.9 Å². The first-order valence-electron chi connectivity index (χ1n) is 6.95. The van der Waals surface area contributed by atoms with Gasteiger partial charge < -0.3 is 9.72 Å². The van der Waals surface area contributed by atoms with E-state index in [4.69, 9.17) is 4.74 Å². The van der Waals surface area contributed by atoms with Crippen molar-refractivity contribution in [3.05, 3.63) is 28.7 Å². The summed E-state index contributed by atoms with van der Waals surface area (Å²) in [4.78, 5) is 14.9. The van der Waals surface area contributed by atoms with Crippen LogP contribution in [0.5, 0.6) is 5.75 Å². The van der Waals surface area contributed by atoms with Crippen LogP contribution >= 0.6 is 0 Å². The number of rotatable bonds is 3. The SMILES string of the molecule is COc1ccc2c(c1)[nH]c(=O)n2CC1CCCS(=O)(=O)C1. The van der Waals surface area contributed by atoms with Gasteiger partial charge in [0, 0.05) is 12.6 Å². The number of ether oxygens (including phenoxy) is 1. The zero-order valence-corrected chi connectivity index (χ0v) is 12.6. The number of nitrogens with zero attached hydrogens (tertiary/aromatic N) is 1. The Morgan fingerprint density at radius 2 is 2.24 bits per heavy atom. The van der Waals surface area contributed by atoms with Gasteiger partial charge in [0.15, 0.2) is 9.84 Å². The molecular weight excluding hydrogens is 292 g/mol. The molecule has 0 aliphatic carbocycles. The van der Waals surface area contributed by atoms with Gasteiger partial charge in [-0.2, -0.15) is 0 Å². The molecule has 0 spiro atoms. The molecule has 1 aliphatic rings. The highest BCUT2D eigenvalue weighted by Crippen LogP contribution is 2.23. The van der Waals surface area contributed by atoms with Gasteiger partial charge in [-0.3, -0.25) is 4.57 Å². The molecule has 1 saturated heterocycles. The average molecular weight is 310 g/mol. The van der Waals surface area contributed by atoms with E-state index in [9.17, 15) is 13.2 Å². The minimum Gasteiger partial charge on any atom is -0.497 e. The maximum Gasteiger partial charge on any atom is 0.326 e. The van der Waals surface area contributed by atoms with Crippen LogP contribution in [0.15, 0.2) is 23.0 Å². The van der Waals surface area contributed by atoms with Crippen LogP contribution in [-0.2, 0) is 16.4 Å². The highest BCUT2D eigenvalue weighted by atomic mass is 32.2. The van der Waals surface area contributed by atoms with Crippen molar-refractivity contribution in [2.75, 3.05) is 18.6 Å². The van der Waals surface area contributed by atoms with E-state index < -0.39 is 9.84 Å². The first-order valence-corrected chi connectivity index (χ1v) is 8.77. The van der Waals surface area contributed by atoms with Gasteiger partial charge in [-0.05, 0) is 30.9 Å². The first-order chi connectivity index (χ1) is 9.98. The summed E-state index contributed by atoms with van der Waals surface area (Å²) in [5.74, 6) is 1.12. The summed E-state index contributed by atoms with van der Waals surface area (Å²) in [6.45, 7) is 0.435. The Morgan fingerprint density at radius 1 is 1.43 bits per heavy atom. The van der Waals surface area contributed by atoms with Crippen molar-refractivity contribution in [1.29, 1.82) is 0 Å². The number of hydrogen-bond donors (Lipinski definition) is 1. The van der Waals surface area contributed by atoms with E-state index in [0.29, 0.717) is 24.2 Å². The second-order valence-electron chi connectivity index (χ2n) is 5.55. The summed E-state index contributed by atoms with van der Waals surface area (Å²) in [5, 5.41) is 0. The van der Waals surface area contributed by atoms with Gasteiger partial charge in [0.25, 0.3) is 0 Å². The number of aromatic nitrogens is 2. The molecule has 2 heterocycles. The number of H-pyrrole nitrogens is 1. The van der Waals surface area contributed by atoms with Crippen LogP contribution < -0.4 is 10.4 Å². The highest BCUT2D eigenvalue weighted by Gasteiger charge is 2.25. The zero-order valence-electron chi connectivity index (χ0n) is 11.8. The smallest absolute Gasteiger partial charge is 0.326 e. The Morgan fingerprint density at radius 3 is 2.95 bits per heavy atom. The molecule has 2 aromatic rings. The number of aromatic amines is 1. The topological polar surface area (TPSA) is 81.2 Å². The fourth-order valence-corrected chi connectivity index (χ4v) is 4.73. The number of fused-ring (bicyclic) bond motifs is 1. The molecule has 1 unspecified atom stereocenters. The molecule has 0 bridgehead atoms. The van der Waals surface area contributed by atoms with Crippen molar-refractivity contribution in [2.45, 2.75) is 19.4 Å². The number of nitrogens with one attached hydrogen (secondary N) is 1. The van der Waals surface area contributed by atoms with E-state index in [1.165, 1.54) is 0 Å². The molecule has 1 fully saturated rings. The summed E-state index contributed by atoms with van der Waals surface area (Å²) < 4.78 is 30.2. The molecule has 1 N–H and O–H groups in total. The monoisotopic (exact) mass is 310 g/mol. The summed E-state index contributed by atoms with van der Waals surface area (Å²) in [5.41, 5.74) is 1.28. The summed E-state index contributed by atoms with van der Waals surface area (Å²) >= 11 is 0. The number of sulfone groups is 1. The number of imidazole rings is 1. The third kappa shape index (κ3) is 2.83. The fourth-order valence-electron chi connectivity index (χ4n) is 2.97. The Bertz CT molecular complexity index is 819. The molecule has 1 aromatic heterocycles. The third-order valence-corrected chi connectivity index (χ3v) is 5.87. The Labute approximate surface area is 122 Å². The van der Waals surface area contributed by atoms with E-state index in [2.05, 4.69) is 4.98 Å². The molecule has 114 valence electrons. The highest BCUT2D eigenvalue weighted by molar-refractivity contribution is 7.91. The van der Waals surface area contributed by atoms with E-state index in [1.54, 1.807) is 23.8 Å². The van der Waals surface area contributed by atoms with E-state index in [0.717, 1.165) is 11.9 Å². The largest absolute Gasteiger partial charge is 0.497 e. The van der Waals surface area contributed by atoms with Crippen LogP contribution in [0, 0.1) is 5.92 Å². The zero-order chi connectivity index (χ0) is 15.0. The lowest BCUT2D eigenvalue weighted by Gasteiger charge is -2.22. The third-order valence-electron chi connectivity index (χ3n) is 3.98. The van der Waals surface area contributed by atoms with Crippen LogP contribution in [0.4, 0.5) is 0 Å². The van der Waals surface area contributed by atoms with E-state index in [1.807, 2.05) is 6.07 Å². The Hall–Kier alpha value is -1.76. The molecular formula is C14H18N2O4S. The standard InChI is InChI=1S/C14H18N2O4S/c1-20-11-4-5-13-12(7-11)15-14(17)16(13)8-10-3-2-6-21(18,19)9-10/h4-5,7,10H,2-3,6,8-9H2,1H3,(H,15,17). The van der Waals surface area contributed by atoms with Gasteiger partial charge in [-0.15, -0.1) is 0 Å². The predicted molar refractivity (Wildman–Crippen MR) is 80.5 cm³/mol. The number of methoxy groups -OCH3 is 1. The predicted octanol–water partition coefficient (Wildman–Crippen LogP) is 1.16. The number of benzene rings is 1. The summed E-state index contributed by atoms with van der Waals surface area (Å²) in [6, 6.07) is 5.39. The van der Waals surface area contributed by atoms with Crippen molar-refractivity contribution in [3.63, 3.8) is 0 Å². The van der Waals surface area contributed by atoms with Gasteiger partial charge in [0.2, 0.25) is 0 Å². The molecule has 3 rings (SSSR count). The van der Waals surface area contributed by atoms with Crippen LogP contribution in [-0.4, -0.2) is 36.6 Å². The molecule has 0 amide bonds. The summed E-state index contributed by atoms with van der Waals surface area (Å²) in [6.07, 6.45) is 1.52. The van der Waals surface area contributed by atoms with Crippen LogP contribution in [0.25, 0.3) is 11.0 Å². The minimum atomic E-state index is -2.96. The molecule has 0 radical (unpaired) electrons. The average Bonchev–Trinajstić information content (AvgIpc) is 2.73. The van der Waals surface area contributed by atoms with E-state index >= 15 is 0 Å². The van der Waals surface area contributed by atoms with Crippen molar-refractivity contribution < 1.29 is 13.2 Å². The fraction of sp³-hybridized carbons (Fsp3) is 0.500. The molecule has 1 aromatic carbocycles. The molecule has 0 saturated carbocycles. The van der Waals surface area contributed by atoms with Crippen LogP contribution in [0.2, 0.25) is 0 Å². The maximum atomic E-state index is 12.1.